The van der Waals surface area contributed by atoms with Crippen molar-refractivity contribution in [2.45, 2.75) is 0 Å². The molecule has 3 aromatic heterocycles. The van der Waals surface area contributed by atoms with Gasteiger partial charge in [-0.3, -0.25) is 4.98 Å². The molecule has 0 unspecified atom stereocenters. The number of aromatic nitrogens is 3. The molecular weight excluding hydrogens is 613 g/mol. The molecule has 9 rings (SSSR count). The molecule has 0 fully saturated rings. The van der Waals surface area contributed by atoms with Crippen molar-refractivity contribution in [2.75, 3.05) is 0 Å². The van der Waals surface area contributed by atoms with Crippen molar-refractivity contribution in [3.05, 3.63) is 162 Å². The Labute approximate surface area is 287 Å². The van der Waals surface area contributed by atoms with Crippen molar-refractivity contribution in [1.82, 2.24) is 14.1 Å². The molecule has 6 nitrogen and oxygen atoms in total. The number of benzene rings is 6. The lowest BCUT2D eigenvalue weighted by molar-refractivity contribution is 1.17. The lowest BCUT2D eigenvalue weighted by Gasteiger charge is -2.15. The van der Waals surface area contributed by atoms with E-state index in [1.807, 2.05) is 91.1 Å². The van der Waals surface area contributed by atoms with E-state index in [1.54, 1.807) is 0 Å². The summed E-state index contributed by atoms with van der Waals surface area (Å²) < 4.78 is 4.37. The van der Waals surface area contributed by atoms with Gasteiger partial charge in [-0.05, 0) is 84.4 Å². The molecule has 0 aliphatic rings. The normalized spacial score (nSPS) is 11.1. The Bertz CT molecular complexity index is 2960. The smallest absolute Gasteiger partial charge is 0.0992 e. The van der Waals surface area contributed by atoms with E-state index in [4.69, 9.17) is 4.98 Å². The summed E-state index contributed by atoms with van der Waals surface area (Å²) in [5.41, 5.74) is 11.2. The van der Waals surface area contributed by atoms with E-state index in [0.29, 0.717) is 16.7 Å². The Morgan fingerprint density at radius 2 is 1.08 bits per heavy atom. The standard InChI is InChI=1S/C44H24N6/c45-24-28-14-19-42-38(20-28)35-9-2-3-10-40(35)49(42)33-7-5-6-31(23-33)32-15-18-39(48-27-32)37-17-13-30(26-47)22-44(37)50-41-11-4-1-8-34(41)36-16-12-29(25-46)21-43(36)50/h1-23,27H. The van der Waals surface area contributed by atoms with Crippen molar-refractivity contribution in [1.29, 1.82) is 15.8 Å². The maximum absolute atomic E-state index is 9.89. The summed E-state index contributed by atoms with van der Waals surface area (Å²) in [6.45, 7) is 0. The Balaban J connectivity index is 1.17. The zero-order valence-electron chi connectivity index (χ0n) is 26.5. The number of hydrogen-bond acceptors (Lipinski definition) is 4. The molecule has 0 bridgehead atoms. The maximum Gasteiger partial charge on any atom is 0.0992 e. The summed E-state index contributed by atoms with van der Waals surface area (Å²) in [7, 11) is 0. The average molecular weight is 637 g/mol. The number of nitriles is 3. The predicted octanol–water partition coefficient (Wildman–Crippen LogP) is 10.2. The van der Waals surface area contributed by atoms with Gasteiger partial charge >= 0.3 is 0 Å². The van der Waals surface area contributed by atoms with Crippen LogP contribution in [0.5, 0.6) is 0 Å². The highest BCUT2D eigenvalue weighted by Gasteiger charge is 2.18. The first-order valence-corrected chi connectivity index (χ1v) is 16.1. The quantitative estimate of drug-likeness (QED) is 0.192. The molecule has 0 amide bonds. The molecule has 50 heavy (non-hydrogen) atoms. The second-order valence-electron chi connectivity index (χ2n) is 12.2. The second kappa shape index (κ2) is 11.4. The molecular formula is C44H24N6. The van der Waals surface area contributed by atoms with E-state index in [1.165, 1.54) is 0 Å². The summed E-state index contributed by atoms with van der Waals surface area (Å²) in [6, 6.07) is 53.0. The first-order chi connectivity index (χ1) is 24.6. The van der Waals surface area contributed by atoms with Gasteiger partial charge in [-0.15, -0.1) is 0 Å². The monoisotopic (exact) mass is 636 g/mol. The van der Waals surface area contributed by atoms with Crippen molar-refractivity contribution < 1.29 is 0 Å². The van der Waals surface area contributed by atoms with Crippen molar-refractivity contribution in [2.24, 2.45) is 0 Å². The number of nitrogens with zero attached hydrogens (tertiary/aromatic N) is 6. The summed E-state index contributed by atoms with van der Waals surface area (Å²) >= 11 is 0. The molecule has 6 heteroatoms. The SMILES string of the molecule is N#Cc1ccc(-c2ccc(-c3cccc(-n4c5ccccc5c5cc(C#N)ccc54)c3)cn2)c(-n2c3ccccc3c3ccc(C#N)cc32)c1. The van der Waals surface area contributed by atoms with Crippen LogP contribution in [0.15, 0.2) is 146 Å². The minimum absolute atomic E-state index is 0.536. The third-order valence-corrected chi connectivity index (χ3v) is 9.45. The number of fused-ring (bicyclic) bond motifs is 6. The third-order valence-electron chi connectivity index (χ3n) is 9.45. The summed E-state index contributed by atoms with van der Waals surface area (Å²) in [5, 5.41) is 33.4. The Morgan fingerprint density at radius 3 is 1.84 bits per heavy atom. The van der Waals surface area contributed by atoms with Crippen LogP contribution >= 0.6 is 0 Å². The summed E-state index contributed by atoms with van der Waals surface area (Å²) in [5.74, 6) is 0. The molecule has 0 saturated carbocycles. The molecule has 3 heterocycles. The second-order valence-corrected chi connectivity index (χ2v) is 12.2. The van der Waals surface area contributed by atoms with Crippen molar-refractivity contribution in [3.8, 4) is 52.0 Å². The fraction of sp³-hybridized carbons (Fsp3) is 0. The highest BCUT2D eigenvalue weighted by atomic mass is 15.0. The van der Waals surface area contributed by atoms with Crippen molar-refractivity contribution in [3.63, 3.8) is 0 Å². The highest BCUT2D eigenvalue weighted by Crippen LogP contribution is 2.38. The predicted molar refractivity (Wildman–Crippen MR) is 198 cm³/mol. The highest BCUT2D eigenvalue weighted by molar-refractivity contribution is 6.11. The molecule has 0 aliphatic carbocycles. The van der Waals surface area contributed by atoms with E-state index >= 15 is 0 Å². The van der Waals surface area contributed by atoms with Crippen LogP contribution in [0.25, 0.3) is 77.4 Å². The first-order valence-electron chi connectivity index (χ1n) is 16.1. The molecule has 6 aromatic carbocycles. The zero-order chi connectivity index (χ0) is 33.8. The maximum atomic E-state index is 9.89. The van der Waals surface area contributed by atoms with E-state index in [-0.39, 0.29) is 0 Å². The van der Waals surface area contributed by atoms with Gasteiger partial charge < -0.3 is 9.13 Å². The Morgan fingerprint density at radius 1 is 0.440 bits per heavy atom. The van der Waals surface area contributed by atoms with Crippen LogP contribution in [0.2, 0.25) is 0 Å². The molecule has 0 N–H and O–H groups in total. The first kappa shape index (κ1) is 28.7. The van der Waals surface area contributed by atoms with Gasteiger partial charge in [0.25, 0.3) is 0 Å². The largest absolute Gasteiger partial charge is 0.309 e. The Hall–Kier alpha value is -7.46. The lowest BCUT2D eigenvalue weighted by Crippen LogP contribution is -1.99. The molecule has 9 aromatic rings. The van der Waals surface area contributed by atoms with Crippen LogP contribution in [-0.4, -0.2) is 14.1 Å². The van der Waals surface area contributed by atoms with Gasteiger partial charge in [0.15, 0.2) is 0 Å². The van der Waals surface area contributed by atoms with Crippen molar-refractivity contribution >= 4 is 43.6 Å². The van der Waals surface area contributed by atoms with Gasteiger partial charge in [-0.25, -0.2) is 0 Å². The fourth-order valence-corrected chi connectivity index (χ4v) is 7.17. The fourth-order valence-electron chi connectivity index (χ4n) is 7.17. The average Bonchev–Trinajstić information content (AvgIpc) is 3.69. The van der Waals surface area contributed by atoms with E-state index in [0.717, 1.165) is 77.4 Å². The van der Waals surface area contributed by atoms with Gasteiger partial charge in [0.05, 0.1) is 68.3 Å². The molecule has 0 radical (unpaired) electrons. The minimum Gasteiger partial charge on any atom is -0.309 e. The Kier molecular flexibility index (Phi) is 6.53. The molecule has 230 valence electrons. The molecule has 0 atom stereocenters. The van der Waals surface area contributed by atoms with Crippen LogP contribution in [0.1, 0.15) is 16.7 Å². The topological polar surface area (TPSA) is 94.1 Å². The molecule has 0 spiro atoms. The lowest BCUT2D eigenvalue weighted by atomic mass is 10.0. The van der Waals surface area contributed by atoms with E-state index in [2.05, 4.69) is 81.9 Å². The summed E-state index contributed by atoms with van der Waals surface area (Å²) in [4.78, 5) is 4.97. The van der Waals surface area contributed by atoms with E-state index in [9.17, 15) is 15.8 Å². The number of pyridine rings is 1. The van der Waals surface area contributed by atoms with Crippen LogP contribution < -0.4 is 0 Å². The summed E-state index contributed by atoms with van der Waals surface area (Å²) in [6.07, 6.45) is 1.89. The van der Waals surface area contributed by atoms with Crippen LogP contribution in [0.3, 0.4) is 0 Å². The van der Waals surface area contributed by atoms with E-state index < -0.39 is 0 Å². The van der Waals surface area contributed by atoms with Gasteiger partial charge in [-0.1, -0.05) is 60.7 Å². The van der Waals surface area contributed by atoms with Gasteiger partial charge in [0.2, 0.25) is 0 Å². The number of rotatable bonds is 4. The number of hydrogen-bond donors (Lipinski definition) is 0. The van der Waals surface area contributed by atoms with Crippen LogP contribution in [-0.2, 0) is 0 Å². The molecule has 0 aliphatic heterocycles. The van der Waals surface area contributed by atoms with Gasteiger partial charge in [-0.2, -0.15) is 15.8 Å². The third kappa shape index (κ3) is 4.44. The molecule has 0 saturated heterocycles. The van der Waals surface area contributed by atoms with Crippen LogP contribution in [0, 0.1) is 34.0 Å². The number of para-hydroxylation sites is 2. The zero-order valence-corrected chi connectivity index (χ0v) is 26.5. The van der Waals surface area contributed by atoms with Crippen LogP contribution in [0.4, 0.5) is 0 Å². The van der Waals surface area contributed by atoms with Gasteiger partial charge in [0, 0.05) is 44.6 Å². The minimum atomic E-state index is 0.536. The van der Waals surface area contributed by atoms with Gasteiger partial charge in [0.1, 0.15) is 0 Å².